The summed E-state index contributed by atoms with van der Waals surface area (Å²) in [5.41, 5.74) is 0.710. The van der Waals surface area contributed by atoms with Gasteiger partial charge in [-0.05, 0) is 37.4 Å². The Labute approximate surface area is 140 Å². The minimum atomic E-state index is -0.451. The van der Waals surface area contributed by atoms with Crippen molar-refractivity contribution in [3.8, 4) is 5.75 Å². The maximum atomic E-state index is 11.5. The Morgan fingerprint density at radius 3 is 2.48 bits per heavy atom. The molecule has 0 aliphatic rings. The molecule has 1 aromatic rings. The highest BCUT2D eigenvalue weighted by Gasteiger charge is 2.13. The first kappa shape index (κ1) is 19.3. The van der Waals surface area contributed by atoms with Crippen molar-refractivity contribution in [3.63, 3.8) is 0 Å². The Balaban J connectivity index is 2.49. The summed E-state index contributed by atoms with van der Waals surface area (Å²) < 4.78 is 16.0. The highest BCUT2D eigenvalue weighted by atomic mass is 32.2. The summed E-state index contributed by atoms with van der Waals surface area (Å²) in [7, 11) is 0. The van der Waals surface area contributed by atoms with Crippen LogP contribution >= 0.6 is 11.8 Å². The van der Waals surface area contributed by atoms with Gasteiger partial charge in [0.2, 0.25) is 5.91 Å². The largest absolute Gasteiger partial charge is 0.490 e. The van der Waals surface area contributed by atoms with Crippen molar-refractivity contribution >= 4 is 29.3 Å². The number of hydrogen-bond donors (Lipinski definition) is 1. The van der Waals surface area contributed by atoms with Crippen molar-refractivity contribution in [2.24, 2.45) is 0 Å². The van der Waals surface area contributed by atoms with Gasteiger partial charge >= 0.3 is 5.97 Å². The number of amides is 1. The van der Waals surface area contributed by atoms with Crippen LogP contribution in [0.4, 0.5) is 5.69 Å². The van der Waals surface area contributed by atoms with Crippen molar-refractivity contribution in [1.82, 2.24) is 0 Å². The molecule has 1 amide bonds. The molecule has 0 heterocycles. The Morgan fingerprint density at radius 1 is 1.22 bits per heavy atom. The van der Waals surface area contributed by atoms with Crippen LogP contribution in [0.3, 0.4) is 0 Å². The predicted octanol–water partition coefficient (Wildman–Crippen LogP) is 2.34. The van der Waals surface area contributed by atoms with E-state index >= 15 is 0 Å². The summed E-state index contributed by atoms with van der Waals surface area (Å²) in [6.07, 6.45) is 1.42. The quantitative estimate of drug-likeness (QED) is 0.659. The fraction of sp³-hybridized carbons (Fsp3) is 0.500. The number of ether oxygens (including phenoxy) is 3. The van der Waals surface area contributed by atoms with Gasteiger partial charge in [-0.1, -0.05) is 0 Å². The van der Waals surface area contributed by atoms with Crippen molar-refractivity contribution < 1.29 is 23.8 Å². The lowest BCUT2D eigenvalue weighted by atomic mass is 10.3. The monoisotopic (exact) mass is 341 g/mol. The zero-order valence-corrected chi connectivity index (χ0v) is 14.5. The predicted molar refractivity (Wildman–Crippen MR) is 91.0 cm³/mol. The maximum absolute atomic E-state index is 11.5. The summed E-state index contributed by atoms with van der Waals surface area (Å²) in [6, 6.07) is 7.02. The number of anilines is 1. The lowest BCUT2D eigenvalue weighted by molar-refractivity contribution is -0.151. The minimum absolute atomic E-state index is 0.0437. The summed E-state index contributed by atoms with van der Waals surface area (Å²) in [5.74, 6) is 0.629. The van der Waals surface area contributed by atoms with Gasteiger partial charge in [0.15, 0.2) is 6.10 Å². The summed E-state index contributed by atoms with van der Waals surface area (Å²) in [6.45, 7) is 4.26. The number of nitrogens with one attached hydrogen (secondary N) is 1. The zero-order valence-electron chi connectivity index (χ0n) is 13.7. The maximum Gasteiger partial charge on any atom is 0.303 e. The van der Waals surface area contributed by atoms with Crippen molar-refractivity contribution in [3.05, 3.63) is 24.3 Å². The SMILES string of the molecule is CCOCC(COc1ccc(NC(=O)CSC)cc1)OC(C)=O. The third-order valence-corrected chi connectivity index (χ3v) is 3.24. The molecule has 128 valence electrons. The third-order valence-electron chi connectivity index (χ3n) is 2.69. The highest BCUT2D eigenvalue weighted by molar-refractivity contribution is 7.99. The van der Waals surface area contributed by atoms with Gasteiger partial charge in [0.25, 0.3) is 0 Å². The van der Waals surface area contributed by atoms with Crippen LogP contribution in [0.25, 0.3) is 0 Å². The number of esters is 1. The number of carbonyl (C=O) groups is 2. The molecule has 1 unspecified atom stereocenters. The molecule has 0 aromatic heterocycles. The smallest absolute Gasteiger partial charge is 0.303 e. The van der Waals surface area contributed by atoms with Crippen LogP contribution in [0, 0.1) is 0 Å². The third kappa shape index (κ3) is 8.47. The van der Waals surface area contributed by atoms with Crippen molar-refractivity contribution in [2.75, 3.05) is 37.1 Å². The molecule has 0 aliphatic heterocycles. The molecule has 0 aliphatic carbocycles. The Morgan fingerprint density at radius 2 is 1.91 bits per heavy atom. The molecule has 7 heteroatoms. The Hall–Kier alpha value is -1.73. The van der Waals surface area contributed by atoms with Crippen LogP contribution in [0.15, 0.2) is 24.3 Å². The second-order valence-corrected chi connectivity index (χ2v) is 5.57. The van der Waals surface area contributed by atoms with E-state index in [0.29, 0.717) is 30.4 Å². The Kier molecular flexibility index (Phi) is 9.16. The van der Waals surface area contributed by atoms with E-state index in [1.807, 2.05) is 13.2 Å². The second-order valence-electron chi connectivity index (χ2n) is 4.71. The number of carbonyl (C=O) groups excluding carboxylic acids is 2. The Bertz CT molecular complexity index is 492. The van der Waals surface area contributed by atoms with Crippen molar-refractivity contribution in [2.45, 2.75) is 20.0 Å². The average Bonchev–Trinajstić information content (AvgIpc) is 2.51. The molecule has 1 rings (SSSR count). The first-order valence-corrected chi connectivity index (χ1v) is 8.71. The molecule has 1 N–H and O–H groups in total. The molecule has 6 nitrogen and oxygen atoms in total. The lowest BCUT2D eigenvalue weighted by Crippen LogP contribution is -2.29. The zero-order chi connectivity index (χ0) is 17.1. The van der Waals surface area contributed by atoms with Crippen LogP contribution in [0.2, 0.25) is 0 Å². The molecule has 0 spiro atoms. The van der Waals surface area contributed by atoms with Gasteiger partial charge in [0.05, 0.1) is 12.4 Å². The van der Waals surface area contributed by atoms with Crippen LogP contribution in [0.5, 0.6) is 5.75 Å². The van der Waals surface area contributed by atoms with Gasteiger partial charge in [-0.3, -0.25) is 9.59 Å². The highest BCUT2D eigenvalue weighted by Crippen LogP contribution is 2.16. The number of thioether (sulfide) groups is 1. The number of hydrogen-bond acceptors (Lipinski definition) is 6. The van der Waals surface area contributed by atoms with Crippen LogP contribution in [-0.2, 0) is 19.1 Å². The summed E-state index contributed by atoms with van der Waals surface area (Å²) in [4.78, 5) is 22.5. The van der Waals surface area contributed by atoms with Crippen LogP contribution in [-0.4, -0.2) is 49.8 Å². The van der Waals surface area contributed by atoms with Crippen LogP contribution < -0.4 is 10.1 Å². The standard InChI is InChI=1S/C16H23NO5S/c1-4-20-9-15(22-12(2)18)10-21-14-7-5-13(6-8-14)17-16(19)11-23-3/h5-8,15H,4,9-11H2,1-3H3,(H,17,19). The first-order valence-electron chi connectivity index (χ1n) is 7.31. The molecule has 0 fully saturated rings. The van der Waals surface area contributed by atoms with Gasteiger partial charge in [-0.2, -0.15) is 11.8 Å². The first-order chi connectivity index (χ1) is 11.0. The molecule has 1 atom stereocenters. The summed E-state index contributed by atoms with van der Waals surface area (Å²) >= 11 is 1.46. The van der Waals surface area contributed by atoms with Crippen molar-refractivity contribution in [1.29, 1.82) is 0 Å². The van der Waals surface area contributed by atoms with Crippen LogP contribution in [0.1, 0.15) is 13.8 Å². The fourth-order valence-corrected chi connectivity index (χ4v) is 2.09. The molecular weight excluding hydrogens is 318 g/mol. The molecule has 0 saturated heterocycles. The van der Waals surface area contributed by atoms with Gasteiger partial charge in [-0.15, -0.1) is 0 Å². The van der Waals surface area contributed by atoms with E-state index in [2.05, 4.69) is 5.32 Å². The molecule has 0 bridgehead atoms. The molecule has 0 saturated carbocycles. The van der Waals surface area contributed by atoms with Gasteiger partial charge in [0, 0.05) is 19.2 Å². The minimum Gasteiger partial charge on any atom is -0.490 e. The molecule has 1 aromatic carbocycles. The van der Waals surface area contributed by atoms with E-state index in [4.69, 9.17) is 14.2 Å². The number of benzene rings is 1. The van der Waals surface area contributed by atoms with E-state index in [0.717, 1.165) is 0 Å². The second kappa shape index (κ2) is 10.9. The molecular formula is C16H23NO5S. The fourth-order valence-electron chi connectivity index (χ4n) is 1.75. The molecule has 23 heavy (non-hydrogen) atoms. The topological polar surface area (TPSA) is 73.9 Å². The van der Waals surface area contributed by atoms with E-state index in [1.54, 1.807) is 24.3 Å². The van der Waals surface area contributed by atoms with E-state index in [9.17, 15) is 9.59 Å². The van der Waals surface area contributed by atoms with E-state index < -0.39 is 6.10 Å². The van der Waals surface area contributed by atoms with E-state index in [-0.39, 0.29) is 18.5 Å². The molecule has 0 radical (unpaired) electrons. The van der Waals surface area contributed by atoms with Gasteiger partial charge in [0.1, 0.15) is 12.4 Å². The van der Waals surface area contributed by atoms with E-state index in [1.165, 1.54) is 18.7 Å². The normalized spacial score (nSPS) is 11.6. The lowest BCUT2D eigenvalue weighted by Gasteiger charge is -2.17. The number of rotatable bonds is 10. The average molecular weight is 341 g/mol. The summed E-state index contributed by atoms with van der Waals surface area (Å²) in [5, 5.41) is 2.78. The van der Waals surface area contributed by atoms with Gasteiger partial charge < -0.3 is 19.5 Å². The van der Waals surface area contributed by atoms with Gasteiger partial charge in [-0.25, -0.2) is 0 Å².